The molecule has 0 aromatic carbocycles. The van der Waals surface area contributed by atoms with Crippen molar-refractivity contribution in [2.75, 3.05) is 0 Å². The maximum Gasteiger partial charge on any atom is 0.0921 e. The van der Waals surface area contributed by atoms with Crippen molar-refractivity contribution >= 4 is 12.0 Å². The van der Waals surface area contributed by atoms with Gasteiger partial charge < -0.3 is 10.2 Å². The summed E-state index contributed by atoms with van der Waals surface area (Å²) in [4.78, 5) is 6.34. The largest absolute Gasteiger partial charge is 0.871 e. The second kappa shape index (κ2) is 2.84. The van der Waals surface area contributed by atoms with Crippen molar-refractivity contribution in [2.45, 2.75) is 0 Å². The quantitative estimate of drug-likeness (QED) is 0.488. The fraction of sp³-hybridized carbons (Fsp3) is 0. The molecule has 0 heterocycles. The smallest absolute Gasteiger partial charge is 0.0921 e. The first-order chi connectivity index (χ1) is 5.72. The van der Waals surface area contributed by atoms with Crippen LogP contribution in [-0.2, 0) is 0 Å². The Morgan fingerprint density at radius 3 is 1.50 bits per heavy atom. The number of hydrogen-bond donors (Lipinski definition) is 2. The monoisotopic (exact) mass is 162 g/mol. The molecule has 6 nitrogen and oxygen atoms in total. The van der Waals surface area contributed by atoms with E-state index in [0.717, 1.165) is 0 Å². The van der Waals surface area contributed by atoms with E-state index in [0.29, 0.717) is 0 Å². The van der Waals surface area contributed by atoms with E-state index in [1.165, 1.54) is 0 Å². The van der Waals surface area contributed by atoms with Crippen molar-refractivity contribution in [3.63, 3.8) is 0 Å². The Kier molecular flexibility index (Phi) is 1.88. The summed E-state index contributed by atoms with van der Waals surface area (Å²) in [5.74, 6) is -1.60. The molecule has 0 spiro atoms. The molecule has 0 bridgehead atoms. The van der Waals surface area contributed by atoms with Crippen molar-refractivity contribution < 1.29 is 10.2 Å². The molecule has 1 rings (SSSR count). The first kappa shape index (κ1) is 7.94. The van der Waals surface area contributed by atoms with Crippen LogP contribution in [0.3, 0.4) is 0 Å². The third-order valence-electron chi connectivity index (χ3n) is 1.20. The van der Waals surface area contributed by atoms with Gasteiger partial charge in [0.25, 0.3) is 0 Å². The van der Waals surface area contributed by atoms with Crippen LogP contribution in [0.25, 0.3) is 0 Å². The number of aliphatic imine (C=N–C) groups is 2. The predicted octanol–water partition coefficient (Wildman–Crippen LogP) is -1.35. The molecule has 0 unspecified atom stereocenters. The van der Waals surface area contributed by atoms with Gasteiger partial charge in [-0.25, -0.2) is 10.8 Å². The molecule has 0 fully saturated rings. The summed E-state index contributed by atoms with van der Waals surface area (Å²) in [5, 5.41) is 34.2. The Bertz CT molecular complexity index is 344. The Hall–Kier alpha value is -2.16. The fourth-order valence-electron chi connectivity index (χ4n) is 0.687. The SMILES string of the molecule is N=C=NC1=C(N=C=N)C([O-])=C1[O-]. The molecule has 6 heteroatoms. The molecule has 0 amide bonds. The molecule has 0 radical (unpaired) electrons. The van der Waals surface area contributed by atoms with Crippen molar-refractivity contribution in [1.29, 1.82) is 10.8 Å². The highest BCUT2D eigenvalue weighted by Crippen LogP contribution is 2.28. The van der Waals surface area contributed by atoms with Gasteiger partial charge in [0.05, 0.1) is 23.4 Å². The van der Waals surface area contributed by atoms with Gasteiger partial charge >= 0.3 is 0 Å². The second-order valence-electron chi connectivity index (χ2n) is 1.80. The van der Waals surface area contributed by atoms with Crippen LogP contribution in [0.15, 0.2) is 32.9 Å². The van der Waals surface area contributed by atoms with E-state index in [4.69, 9.17) is 10.8 Å². The van der Waals surface area contributed by atoms with E-state index < -0.39 is 11.5 Å². The van der Waals surface area contributed by atoms with Gasteiger partial charge in [0.15, 0.2) is 0 Å². The number of rotatable bonds is 2. The van der Waals surface area contributed by atoms with E-state index in [-0.39, 0.29) is 11.4 Å². The van der Waals surface area contributed by atoms with Crippen molar-refractivity contribution in [1.82, 2.24) is 0 Å². The average molecular weight is 162 g/mol. The van der Waals surface area contributed by atoms with E-state index in [1.54, 1.807) is 12.0 Å². The van der Waals surface area contributed by atoms with E-state index in [2.05, 4.69) is 9.98 Å². The Morgan fingerprint density at radius 1 is 0.917 bits per heavy atom. The molecule has 0 aromatic rings. The Labute approximate surface area is 66.9 Å². The molecule has 1 aliphatic carbocycles. The summed E-state index contributed by atoms with van der Waals surface area (Å²) in [6.07, 6.45) is 0. The van der Waals surface area contributed by atoms with Crippen molar-refractivity contribution in [3.8, 4) is 0 Å². The summed E-state index contributed by atoms with van der Waals surface area (Å²) < 4.78 is 0. The summed E-state index contributed by atoms with van der Waals surface area (Å²) >= 11 is 0. The van der Waals surface area contributed by atoms with E-state index in [9.17, 15) is 10.2 Å². The van der Waals surface area contributed by atoms with Crippen LogP contribution in [0.1, 0.15) is 0 Å². The van der Waals surface area contributed by atoms with Gasteiger partial charge in [-0.3, -0.25) is 0 Å². The first-order valence-electron chi connectivity index (χ1n) is 2.80. The van der Waals surface area contributed by atoms with Crippen molar-refractivity contribution in [3.05, 3.63) is 22.9 Å². The van der Waals surface area contributed by atoms with Crippen LogP contribution in [0, 0.1) is 10.8 Å². The fourth-order valence-corrected chi connectivity index (χ4v) is 0.687. The predicted molar refractivity (Wildman–Crippen MR) is 34.4 cm³/mol. The minimum Gasteiger partial charge on any atom is -0.871 e. The lowest BCUT2D eigenvalue weighted by Crippen LogP contribution is -2.27. The van der Waals surface area contributed by atoms with Gasteiger partial charge in [-0.15, -0.1) is 0 Å². The standard InChI is InChI=1S/C6H4N4O2/c7-1-9-3-4(10-2-8)6(12)5(3)11/h7-8,11-12H/p-2. The minimum atomic E-state index is -0.802. The maximum absolute atomic E-state index is 10.7. The second-order valence-corrected chi connectivity index (χ2v) is 1.80. The normalized spacial score (nSPS) is 14.7. The lowest BCUT2D eigenvalue weighted by atomic mass is 10.1. The van der Waals surface area contributed by atoms with Crippen LogP contribution >= 0.6 is 0 Å². The molecule has 2 N–H and O–H groups in total. The molecule has 1 aliphatic rings. The summed E-state index contributed by atoms with van der Waals surface area (Å²) in [6.45, 7) is 0. The topological polar surface area (TPSA) is 119 Å². The zero-order chi connectivity index (χ0) is 9.14. The highest BCUT2D eigenvalue weighted by Gasteiger charge is 2.14. The lowest BCUT2D eigenvalue weighted by Gasteiger charge is -2.32. The first-order valence-corrected chi connectivity index (χ1v) is 2.80. The number of hydrogen-bond acceptors (Lipinski definition) is 6. The highest BCUT2D eigenvalue weighted by atomic mass is 16.3. The van der Waals surface area contributed by atoms with Gasteiger partial charge in [-0.05, 0) is 0 Å². The zero-order valence-electron chi connectivity index (χ0n) is 5.71. The van der Waals surface area contributed by atoms with E-state index >= 15 is 0 Å². The maximum atomic E-state index is 10.7. The van der Waals surface area contributed by atoms with Crippen LogP contribution in [0.2, 0.25) is 0 Å². The highest BCUT2D eigenvalue weighted by molar-refractivity contribution is 5.58. The molecule has 60 valence electrons. The molecule has 0 aromatic heterocycles. The zero-order valence-corrected chi connectivity index (χ0v) is 5.71. The number of nitrogens with zero attached hydrogens (tertiary/aromatic N) is 2. The minimum absolute atomic E-state index is 0.227. The third-order valence-corrected chi connectivity index (χ3v) is 1.20. The Morgan fingerprint density at radius 2 is 1.25 bits per heavy atom. The van der Waals surface area contributed by atoms with E-state index in [1.807, 2.05) is 0 Å². The van der Waals surface area contributed by atoms with Gasteiger partial charge in [-0.1, -0.05) is 11.5 Å². The summed E-state index contributed by atoms with van der Waals surface area (Å²) in [6, 6.07) is 3.21. The summed E-state index contributed by atoms with van der Waals surface area (Å²) in [5.41, 5.74) is -0.454. The van der Waals surface area contributed by atoms with Crippen LogP contribution in [0.4, 0.5) is 0 Å². The lowest BCUT2D eigenvalue weighted by molar-refractivity contribution is -0.357. The molecule has 12 heavy (non-hydrogen) atoms. The van der Waals surface area contributed by atoms with Gasteiger partial charge in [-0.2, -0.15) is 9.98 Å². The van der Waals surface area contributed by atoms with Crippen LogP contribution in [-0.4, -0.2) is 12.0 Å². The molecule has 0 atom stereocenters. The summed E-state index contributed by atoms with van der Waals surface area (Å²) in [7, 11) is 0. The average Bonchev–Trinajstić information content (AvgIpc) is 2.10. The van der Waals surface area contributed by atoms with Crippen LogP contribution in [0.5, 0.6) is 0 Å². The van der Waals surface area contributed by atoms with Gasteiger partial charge in [0.1, 0.15) is 0 Å². The molecule has 0 saturated heterocycles. The van der Waals surface area contributed by atoms with Gasteiger partial charge in [0.2, 0.25) is 0 Å². The molecular weight excluding hydrogens is 160 g/mol. The van der Waals surface area contributed by atoms with Gasteiger partial charge in [0, 0.05) is 0 Å². The Balaban J connectivity index is 3.10. The third kappa shape index (κ3) is 0.932. The molecular formula is C6H2N4O2-2. The molecule has 0 saturated carbocycles. The number of nitrogens with one attached hydrogen (secondary N) is 2. The van der Waals surface area contributed by atoms with Crippen molar-refractivity contribution in [2.24, 2.45) is 9.98 Å². The van der Waals surface area contributed by atoms with Crippen LogP contribution < -0.4 is 10.2 Å². The molecule has 0 aliphatic heterocycles.